The second-order valence-electron chi connectivity index (χ2n) is 8.40. The van der Waals surface area contributed by atoms with Crippen LogP contribution in [0.15, 0.2) is 78.9 Å². The smallest absolute Gasteiger partial charge is 0.140 e. The molecule has 1 fully saturated rings. The number of hydrogen-bond donors (Lipinski definition) is 2. The van der Waals surface area contributed by atoms with Crippen molar-refractivity contribution in [2.24, 2.45) is 5.92 Å². The number of piperidine rings is 1. The predicted octanol–water partition coefficient (Wildman–Crippen LogP) is 3.87. The zero-order valence-corrected chi connectivity index (χ0v) is 18.8. The summed E-state index contributed by atoms with van der Waals surface area (Å²) in [5.41, 5.74) is 2.08. The first-order chi connectivity index (χ1) is 15.5. The third-order valence-corrected chi connectivity index (χ3v) is 6.50. The normalized spacial score (nSPS) is 24.8. The molecule has 1 aliphatic heterocycles. The summed E-state index contributed by atoms with van der Waals surface area (Å²) in [7, 11) is 3.34. The van der Waals surface area contributed by atoms with E-state index in [-0.39, 0.29) is 18.0 Å². The second kappa shape index (κ2) is 9.48. The van der Waals surface area contributed by atoms with Crippen LogP contribution >= 0.6 is 0 Å². The highest BCUT2D eigenvalue weighted by atomic mass is 16.5. The molecule has 4 atom stereocenters. The first-order valence-corrected chi connectivity index (χ1v) is 11.0. The van der Waals surface area contributed by atoms with Gasteiger partial charge in [0.1, 0.15) is 29.2 Å². The van der Waals surface area contributed by atoms with Crippen LogP contribution in [0.5, 0.6) is 11.5 Å². The lowest BCUT2D eigenvalue weighted by Crippen LogP contribution is -2.91. The van der Waals surface area contributed by atoms with Gasteiger partial charge in [0, 0.05) is 23.1 Å². The van der Waals surface area contributed by atoms with Gasteiger partial charge in [-0.05, 0) is 60.7 Å². The maximum absolute atomic E-state index is 11.8. The molecule has 4 nitrogen and oxygen atoms in total. The van der Waals surface area contributed by atoms with E-state index in [1.807, 2.05) is 54.6 Å². The van der Waals surface area contributed by atoms with Crippen molar-refractivity contribution in [1.82, 2.24) is 0 Å². The highest BCUT2D eigenvalue weighted by Crippen LogP contribution is 2.39. The summed E-state index contributed by atoms with van der Waals surface area (Å²) in [6, 6.07) is 26.2. The van der Waals surface area contributed by atoms with Crippen molar-refractivity contribution in [3.05, 3.63) is 95.6 Å². The summed E-state index contributed by atoms with van der Waals surface area (Å²) in [6.07, 6.45) is 0.549. The van der Waals surface area contributed by atoms with Crippen molar-refractivity contribution in [1.29, 1.82) is 0 Å². The van der Waals surface area contributed by atoms with E-state index >= 15 is 0 Å². The molecule has 4 heteroatoms. The molecule has 0 amide bonds. The van der Waals surface area contributed by atoms with E-state index in [1.54, 1.807) is 14.2 Å². The Morgan fingerprint density at radius 3 is 1.97 bits per heavy atom. The molecular formula is C28H30NO3+. The molecule has 0 radical (unpaired) electrons. The quantitative estimate of drug-likeness (QED) is 0.621. The zero-order chi connectivity index (χ0) is 22.6. The highest BCUT2D eigenvalue weighted by Gasteiger charge is 2.48. The van der Waals surface area contributed by atoms with Gasteiger partial charge in [-0.1, -0.05) is 37.0 Å². The van der Waals surface area contributed by atoms with E-state index in [4.69, 9.17) is 9.47 Å². The Morgan fingerprint density at radius 1 is 0.844 bits per heavy atom. The van der Waals surface area contributed by atoms with Gasteiger partial charge < -0.3 is 19.9 Å². The number of ether oxygens (including phenoxy) is 2. The summed E-state index contributed by atoms with van der Waals surface area (Å²) < 4.78 is 10.7. The summed E-state index contributed by atoms with van der Waals surface area (Å²) in [6.45, 7) is 2.09. The van der Waals surface area contributed by atoms with E-state index in [9.17, 15) is 5.11 Å². The van der Waals surface area contributed by atoms with E-state index in [0.29, 0.717) is 6.42 Å². The fraction of sp³-hybridized carbons (Fsp3) is 0.286. The van der Waals surface area contributed by atoms with Crippen LogP contribution in [-0.2, 0) is 0 Å². The van der Waals surface area contributed by atoms with Gasteiger partial charge in [-0.2, -0.15) is 0 Å². The van der Waals surface area contributed by atoms with E-state index in [0.717, 1.165) is 28.2 Å². The largest absolute Gasteiger partial charge is 0.497 e. The summed E-state index contributed by atoms with van der Waals surface area (Å²) >= 11 is 0. The number of hydrogen-bond acceptors (Lipinski definition) is 3. The molecular weight excluding hydrogens is 398 g/mol. The molecule has 4 rings (SSSR count). The Balaban J connectivity index is 1.71. The SMILES string of the molecule is COc1ccc([C@@H]2C[C@](O)(C#Cc3ccccc3)[C@@H](C)[C@@H](c3ccc(OC)cc3)[NH2+]2)cc1. The lowest BCUT2D eigenvalue weighted by atomic mass is 9.72. The van der Waals surface area contributed by atoms with Gasteiger partial charge in [0.15, 0.2) is 0 Å². The topological polar surface area (TPSA) is 55.3 Å². The maximum atomic E-state index is 11.8. The van der Waals surface area contributed by atoms with Crippen LogP contribution in [0.4, 0.5) is 0 Å². The van der Waals surface area contributed by atoms with E-state index in [1.165, 1.54) is 0 Å². The summed E-state index contributed by atoms with van der Waals surface area (Å²) in [5, 5.41) is 14.2. The molecule has 1 saturated heterocycles. The van der Waals surface area contributed by atoms with Crippen LogP contribution in [0.2, 0.25) is 0 Å². The van der Waals surface area contributed by atoms with Crippen molar-refractivity contribution in [3.63, 3.8) is 0 Å². The standard InChI is InChI=1S/C28H29NO3/c1-20-27(23-11-15-25(32-3)16-12-23)29-26(22-9-13-24(31-2)14-10-22)19-28(20,30)18-17-21-7-5-4-6-8-21/h4-16,20,26-27,29-30H,19H2,1-3H3/p+1/t20-,26-,27-,28+/m0/s1. The Morgan fingerprint density at radius 2 is 1.41 bits per heavy atom. The second-order valence-corrected chi connectivity index (χ2v) is 8.40. The molecule has 1 heterocycles. The molecule has 3 aromatic carbocycles. The van der Waals surface area contributed by atoms with Gasteiger partial charge in [-0.3, -0.25) is 0 Å². The minimum atomic E-state index is -1.13. The predicted molar refractivity (Wildman–Crippen MR) is 125 cm³/mol. The third kappa shape index (κ3) is 4.65. The minimum absolute atomic E-state index is 0.0526. The summed E-state index contributed by atoms with van der Waals surface area (Å²) in [5.74, 6) is 8.03. The number of methoxy groups -OCH3 is 2. The monoisotopic (exact) mass is 428 g/mol. The van der Waals surface area contributed by atoms with E-state index in [2.05, 4.69) is 48.3 Å². The number of quaternary nitrogens is 1. The van der Waals surface area contributed by atoms with Gasteiger partial charge in [0.05, 0.1) is 20.1 Å². The molecule has 0 bridgehead atoms. The fourth-order valence-electron chi connectivity index (χ4n) is 4.48. The molecule has 0 aliphatic carbocycles. The van der Waals surface area contributed by atoms with Crippen molar-refractivity contribution in [2.75, 3.05) is 14.2 Å². The zero-order valence-electron chi connectivity index (χ0n) is 18.8. The summed E-state index contributed by atoms with van der Waals surface area (Å²) in [4.78, 5) is 0. The van der Waals surface area contributed by atoms with Crippen LogP contribution in [0, 0.1) is 17.8 Å². The lowest BCUT2D eigenvalue weighted by molar-refractivity contribution is -0.755. The molecule has 1 aliphatic rings. The van der Waals surface area contributed by atoms with Crippen LogP contribution in [0.1, 0.15) is 42.1 Å². The molecule has 0 unspecified atom stereocenters. The molecule has 164 valence electrons. The van der Waals surface area contributed by atoms with Gasteiger partial charge in [0.25, 0.3) is 0 Å². The fourth-order valence-corrected chi connectivity index (χ4v) is 4.48. The van der Waals surface area contributed by atoms with Gasteiger partial charge in [-0.25, -0.2) is 0 Å². The van der Waals surface area contributed by atoms with Gasteiger partial charge in [-0.15, -0.1) is 0 Å². The molecule has 0 saturated carbocycles. The molecule has 0 spiro atoms. The van der Waals surface area contributed by atoms with Crippen LogP contribution < -0.4 is 14.8 Å². The Hall–Kier alpha value is -3.26. The molecule has 0 aromatic heterocycles. The Bertz CT molecular complexity index is 1080. The van der Waals surface area contributed by atoms with Crippen molar-refractivity contribution < 1.29 is 19.9 Å². The molecule has 3 N–H and O–H groups in total. The van der Waals surface area contributed by atoms with Crippen LogP contribution in [0.3, 0.4) is 0 Å². The number of nitrogens with two attached hydrogens (primary N) is 1. The van der Waals surface area contributed by atoms with Crippen LogP contribution in [-0.4, -0.2) is 24.9 Å². The van der Waals surface area contributed by atoms with Crippen molar-refractivity contribution >= 4 is 0 Å². The lowest BCUT2D eigenvalue weighted by Gasteiger charge is -2.42. The highest BCUT2D eigenvalue weighted by molar-refractivity contribution is 5.38. The number of aliphatic hydroxyl groups is 1. The Labute approximate surface area is 190 Å². The van der Waals surface area contributed by atoms with Gasteiger partial charge in [0.2, 0.25) is 0 Å². The van der Waals surface area contributed by atoms with Crippen LogP contribution in [0.25, 0.3) is 0 Å². The third-order valence-electron chi connectivity index (χ3n) is 6.50. The van der Waals surface area contributed by atoms with Crippen molar-refractivity contribution in [3.8, 4) is 23.3 Å². The average molecular weight is 429 g/mol. The number of benzene rings is 3. The van der Waals surface area contributed by atoms with E-state index < -0.39 is 5.60 Å². The molecule has 32 heavy (non-hydrogen) atoms. The average Bonchev–Trinajstić information content (AvgIpc) is 2.85. The maximum Gasteiger partial charge on any atom is 0.140 e. The first kappa shape index (κ1) is 22.0. The number of rotatable bonds is 4. The van der Waals surface area contributed by atoms with Gasteiger partial charge >= 0.3 is 0 Å². The van der Waals surface area contributed by atoms with Crippen molar-refractivity contribution in [2.45, 2.75) is 31.0 Å². The Kier molecular flexibility index (Phi) is 6.50. The first-order valence-electron chi connectivity index (χ1n) is 11.0. The molecule has 3 aromatic rings. The minimum Gasteiger partial charge on any atom is -0.497 e.